The molecule has 0 fully saturated rings. The smallest absolute Gasteiger partial charge is 0.0640 e. The maximum absolute atomic E-state index is 6.33. The molecule has 1 N–H and O–H groups in total. The van der Waals surface area contributed by atoms with Crippen molar-refractivity contribution in [2.45, 2.75) is 32.2 Å². The average Bonchev–Trinajstić information content (AvgIpc) is 2.94. The van der Waals surface area contributed by atoms with Gasteiger partial charge in [0.1, 0.15) is 0 Å². The molecule has 0 aliphatic heterocycles. The van der Waals surface area contributed by atoms with Crippen molar-refractivity contribution in [3.63, 3.8) is 0 Å². The molecule has 20 heavy (non-hydrogen) atoms. The van der Waals surface area contributed by atoms with Gasteiger partial charge < -0.3 is 5.32 Å². The van der Waals surface area contributed by atoms with Gasteiger partial charge in [0.05, 0.1) is 10.0 Å². The zero-order chi connectivity index (χ0) is 14.4. The number of aryl methyl sites for hydroxylation is 1. The Bertz CT molecular complexity index is 525. The first-order valence-electron chi connectivity index (χ1n) is 6.92. The summed E-state index contributed by atoms with van der Waals surface area (Å²) in [5.74, 6) is 0. The lowest BCUT2D eigenvalue weighted by Gasteiger charge is -2.20. The van der Waals surface area contributed by atoms with Crippen molar-refractivity contribution in [3.05, 3.63) is 56.2 Å². The summed E-state index contributed by atoms with van der Waals surface area (Å²) < 4.78 is 0. The van der Waals surface area contributed by atoms with Crippen molar-refractivity contribution in [2.75, 3.05) is 6.54 Å². The average molecular weight is 328 g/mol. The predicted molar refractivity (Wildman–Crippen MR) is 90.1 cm³/mol. The Hall–Kier alpha value is -0.540. The SMILES string of the molecule is CCNC(CCCc1cccs1)c1cccc(Cl)c1Cl. The fraction of sp³-hybridized carbons (Fsp3) is 0.375. The molecule has 1 heterocycles. The van der Waals surface area contributed by atoms with Gasteiger partial charge in [-0.05, 0) is 48.9 Å². The van der Waals surface area contributed by atoms with E-state index in [1.165, 1.54) is 4.88 Å². The van der Waals surface area contributed by atoms with E-state index >= 15 is 0 Å². The Morgan fingerprint density at radius 1 is 1.20 bits per heavy atom. The van der Waals surface area contributed by atoms with Crippen molar-refractivity contribution >= 4 is 34.5 Å². The number of hydrogen-bond donors (Lipinski definition) is 1. The monoisotopic (exact) mass is 327 g/mol. The first kappa shape index (κ1) is 15.8. The third-order valence-corrected chi connectivity index (χ3v) is 5.07. The topological polar surface area (TPSA) is 12.0 Å². The van der Waals surface area contributed by atoms with Gasteiger partial charge in [0.25, 0.3) is 0 Å². The van der Waals surface area contributed by atoms with E-state index in [4.69, 9.17) is 23.2 Å². The van der Waals surface area contributed by atoms with Crippen LogP contribution < -0.4 is 5.32 Å². The van der Waals surface area contributed by atoms with E-state index < -0.39 is 0 Å². The summed E-state index contributed by atoms with van der Waals surface area (Å²) in [6, 6.07) is 10.4. The molecule has 0 saturated heterocycles. The fourth-order valence-electron chi connectivity index (χ4n) is 2.34. The minimum atomic E-state index is 0.270. The first-order chi connectivity index (χ1) is 9.72. The minimum absolute atomic E-state index is 0.270. The Morgan fingerprint density at radius 3 is 2.75 bits per heavy atom. The predicted octanol–water partition coefficient (Wildman–Crippen LogP) is 5.73. The number of thiophene rings is 1. The molecule has 0 spiro atoms. The van der Waals surface area contributed by atoms with Crippen LogP contribution in [0.3, 0.4) is 0 Å². The van der Waals surface area contributed by atoms with Gasteiger partial charge in [-0.2, -0.15) is 0 Å². The summed E-state index contributed by atoms with van der Waals surface area (Å²) in [5, 5.41) is 6.94. The van der Waals surface area contributed by atoms with Crippen LogP contribution in [0.1, 0.15) is 36.2 Å². The molecule has 1 atom stereocenters. The maximum atomic E-state index is 6.33. The summed E-state index contributed by atoms with van der Waals surface area (Å²) in [6.45, 7) is 3.04. The number of nitrogens with one attached hydrogen (secondary N) is 1. The van der Waals surface area contributed by atoms with Crippen LogP contribution in [0.4, 0.5) is 0 Å². The highest BCUT2D eigenvalue weighted by Crippen LogP contribution is 2.32. The molecule has 1 nitrogen and oxygen atoms in total. The van der Waals surface area contributed by atoms with Crippen LogP contribution in [0.25, 0.3) is 0 Å². The molecule has 0 radical (unpaired) electrons. The van der Waals surface area contributed by atoms with Gasteiger partial charge in [-0.1, -0.05) is 48.3 Å². The molecule has 0 aliphatic rings. The number of benzene rings is 1. The molecule has 2 rings (SSSR count). The number of hydrogen-bond acceptors (Lipinski definition) is 2. The van der Waals surface area contributed by atoms with Crippen LogP contribution in [0.2, 0.25) is 10.0 Å². The molecule has 108 valence electrons. The summed E-state index contributed by atoms with van der Waals surface area (Å²) in [6.07, 6.45) is 3.32. The first-order valence-corrected chi connectivity index (χ1v) is 8.55. The second-order valence-corrected chi connectivity index (χ2v) is 6.54. The third-order valence-electron chi connectivity index (χ3n) is 3.30. The van der Waals surface area contributed by atoms with E-state index in [-0.39, 0.29) is 6.04 Å². The summed E-state index contributed by atoms with van der Waals surface area (Å²) in [4.78, 5) is 1.44. The Kier molecular flexibility index (Phi) is 6.37. The summed E-state index contributed by atoms with van der Waals surface area (Å²) in [5.41, 5.74) is 1.10. The van der Waals surface area contributed by atoms with Crippen molar-refractivity contribution < 1.29 is 0 Å². The van der Waals surface area contributed by atoms with Crippen LogP contribution in [-0.2, 0) is 6.42 Å². The normalized spacial score (nSPS) is 12.6. The number of rotatable bonds is 7. The van der Waals surface area contributed by atoms with Crippen LogP contribution in [0.15, 0.2) is 35.7 Å². The Balaban J connectivity index is 2.01. The Labute approximate surface area is 134 Å². The molecule has 0 aliphatic carbocycles. The second kappa shape index (κ2) is 8.04. The van der Waals surface area contributed by atoms with Gasteiger partial charge in [-0.25, -0.2) is 0 Å². The van der Waals surface area contributed by atoms with Crippen molar-refractivity contribution in [2.24, 2.45) is 0 Å². The fourth-order valence-corrected chi connectivity index (χ4v) is 3.53. The largest absolute Gasteiger partial charge is 0.310 e. The highest BCUT2D eigenvalue weighted by atomic mass is 35.5. The quantitative estimate of drug-likeness (QED) is 0.684. The molecular weight excluding hydrogens is 309 g/mol. The molecule has 1 unspecified atom stereocenters. The molecule has 4 heteroatoms. The maximum Gasteiger partial charge on any atom is 0.0640 e. The van der Waals surface area contributed by atoms with Crippen LogP contribution >= 0.6 is 34.5 Å². The van der Waals surface area contributed by atoms with Gasteiger partial charge in [0, 0.05) is 10.9 Å². The van der Waals surface area contributed by atoms with Crippen molar-refractivity contribution in [1.82, 2.24) is 5.32 Å². The lowest BCUT2D eigenvalue weighted by Crippen LogP contribution is -2.21. The van der Waals surface area contributed by atoms with Gasteiger partial charge in [0.15, 0.2) is 0 Å². The van der Waals surface area contributed by atoms with Gasteiger partial charge >= 0.3 is 0 Å². The van der Waals surface area contributed by atoms with Crippen LogP contribution in [-0.4, -0.2) is 6.54 Å². The van der Waals surface area contributed by atoms with E-state index in [0.717, 1.165) is 31.4 Å². The highest BCUT2D eigenvalue weighted by Gasteiger charge is 2.15. The second-order valence-electron chi connectivity index (χ2n) is 4.72. The summed E-state index contributed by atoms with van der Waals surface area (Å²) >= 11 is 14.3. The molecule has 1 aromatic heterocycles. The molecule has 0 saturated carbocycles. The van der Waals surface area contributed by atoms with E-state index in [0.29, 0.717) is 10.0 Å². The van der Waals surface area contributed by atoms with Crippen molar-refractivity contribution in [3.8, 4) is 0 Å². The van der Waals surface area contributed by atoms with E-state index in [2.05, 4.69) is 35.8 Å². The van der Waals surface area contributed by atoms with Gasteiger partial charge in [-0.3, -0.25) is 0 Å². The lowest BCUT2D eigenvalue weighted by atomic mass is 10.0. The molecule has 2 aromatic rings. The van der Waals surface area contributed by atoms with Crippen LogP contribution in [0, 0.1) is 0 Å². The van der Waals surface area contributed by atoms with Crippen LogP contribution in [0.5, 0.6) is 0 Å². The van der Waals surface area contributed by atoms with Gasteiger partial charge in [0.2, 0.25) is 0 Å². The van der Waals surface area contributed by atoms with Crippen molar-refractivity contribution in [1.29, 1.82) is 0 Å². The Morgan fingerprint density at radius 2 is 2.05 bits per heavy atom. The van der Waals surface area contributed by atoms with Gasteiger partial charge in [-0.15, -0.1) is 11.3 Å². The zero-order valence-corrected chi connectivity index (χ0v) is 13.9. The van der Waals surface area contributed by atoms with E-state index in [9.17, 15) is 0 Å². The standard InChI is InChI=1S/C16H19Cl2NS/c1-2-19-15(10-3-6-12-7-5-11-20-12)13-8-4-9-14(17)16(13)18/h4-5,7-9,11,15,19H,2-3,6,10H2,1H3. The highest BCUT2D eigenvalue weighted by molar-refractivity contribution is 7.09. The molecule has 1 aromatic carbocycles. The van der Waals surface area contributed by atoms with E-state index in [1.807, 2.05) is 23.5 Å². The zero-order valence-electron chi connectivity index (χ0n) is 11.5. The molecule has 0 amide bonds. The minimum Gasteiger partial charge on any atom is -0.310 e. The molecule has 0 bridgehead atoms. The molecular formula is C16H19Cl2NS. The summed E-state index contributed by atoms with van der Waals surface area (Å²) in [7, 11) is 0. The third kappa shape index (κ3) is 4.23. The van der Waals surface area contributed by atoms with E-state index in [1.54, 1.807) is 0 Å². The lowest BCUT2D eigenvalue weighted by molar-refractivity contribution is 0.499. The number of halogens is 2.